The van der Waals surface area contributed by atoms with E-state index in [1.54, 1.807) is 0 Å². The Kier molecular flexibility index (Phi) is 11.3. The van der Waals surface area contributed by atoms with Crippen molar-refractivity contribution in [2.45, 2.75) is 151 Å². The number of ether oxygens (including phenoxy) is 1. The highest BCUT2D eigenvalue weighted by Gasteiger charge is 2.38. The minimum Gasteiger partial charge on any atom is -0.463 e. The molecular weight excluding hydrogens is 510 g/mol. The molecule has 8 heteroatoms. The molecule has 3 rings (SSSR count). The van der Waals surface area contributed by atoms with Crippen LogP contribution in [0.2, 0.25) is 0 Å². The molecule has 1 aromatic heterocycles. The van der Waals surface area contributed by atoms with Crippen molar-refractivity contribution in [3.05, 3.63) is 0 Å². The van der Waals surface area contributed by atoms with Gasteiger partial charge in [0.1, 0.15) is 0 Å². The summed E-state index contributed by atoms with van der Waals surface area (Å²) in [5.41, 5.74) is 0.416. The molecule has 2 aliphatic heterocycles. The summed E-state index contributed by atoms with van der Waals surface area (Å²) in [4.78, 5) is 20.4. The maximum Gasteiger partial charge on any atom is 0.323 e. The van der Waals surface area contributed by atoms with E-state index in [2.05, 4.69) is 96.6 Å². The molecule has 0 spiro atoms. The molecule has 2 saturated heterocycles. The van der Waals surface area contributed by atoms with Gasteiger partial charge < -0.3 is 25.2 Å². The third kappa shape index (κ3) is 9.94. The van der Waals surface area contributed by atoms with E-state index in [4.69, 9.17) is 19.7 Å². The lowest BCUT2D eigenvalue weighted by Gasteiger charge is -2.45. The first-order valence-corrected chi connectivity index (χ1v) is 16.5. The molecule has 0 aliphatic carbocycles. The smallest absolute Gasteiger partial charge is 0.323 e. The van der Waals surface area contributed by atoms with Gasteiger partial charge in [-0.15, -0.1) is 0 Å². The molecule has 41 heavy (non-hydrogen) atoms. The minimum absolute atomic E-state index is 0.0751. The van der Waals surface area contributed by atoms with Gasteiger partial charge in [0.2, 0.25) is 11.9 Å². The lowest BCUT2D eigenvalue weighted by atomic mass is 9.85. The molecule has 236 valence electrons. The number of nitrogens with zero attached hydrogens (tertiary/aromatic N) is 5. The van der Waals surface area contributed by atoms with Crippen LogP contribution in [0.5, 0.6) is 6.01 Å². The van der Waals surface area contributed by atoms with Crippen LogP contribution in [0.4, 0.5) is 11.9 Å². The molecule has 2 N–H and O–H groups in total. The zero-order chi connectivity index (χ0) is 30.5. The molecule has 3 heterocycles. The Labute approximate surface area is 252 Å². The van der Waals surface area contributed by atoms with Crippen molar-refractivity contribution >= 4 is 11.9 Å². The Balaban J connectivity index is 2.13. The molecule has 0 saturated carbocycles. The van der Waals surface area contributed by atoms with Crippen LogP contribution in [0, 0.1) is 10.8 Å². The predicted molar refractivity (Wildman–Crippen MR) is 173 cm³/mol. The van der Waals surface area contributed by atoms with Crippen LogP contribution in [0.25, 0.3) is 0 Å². The van der Waals surface area contributed by atoms with E-state index in [0.717, 1.165) is 89.4 Å². The summed E-state index contributed by atoms with van der Waals surface area (Å²) in [5.74, 6) is 1.55. The van der Waals surface area contributed by atoms with Crippen LogP contribution in [0.1, 0.15) is 128 Å². The van der Waals surface area contributed by atoms with Crippen molar-refractivity contribution < 1.29 is 4.74 Å². The minimum atomic E-state index is 0.0751. The zero-order valence-corrected chi connectivity index (χ0v) is 28.5. The number of hydrogen-bond acceptors (Lipinski definition) is 8. The van der Waals surface area contributed by atoms with Gasteiger partial charge in [-0.05, 0) is 96.6 Å². The van der Waals surface area contributed by atoms with Gasteiger partial charge in [0.15, 0.2) is 0 Å². The second-order valence-corrected chi connectivity index (χ2v) is 15.6. The number of hydrogen-bond donors (Lipinski definition) is 2. The summed E-state index contributed by atoms with van der Waals surface area (Å²) in [6.45, 7) is 29.9. The summed E-state index contributed by atoms with van der Waals surface area (Å²) >= 11 is 0. The third-order valence-corrected chi connectivity index (χ3v) is 9.48. The molecule has 8 nitrogen and oxygen atoms in total. The van der Waals surface area contributed by atoms with Crippen molar-refractivity contribution in [3.8, 4) is 6.01 Å². The summed E-state index contributed by atoms with van der Waals surface area (Å²) in [6.07, 6.45) is 8.50. The number of unbranched alkanes of at least 4 members (excludes halogenated alkanes) is 1. The summed E-state index contributed by atoms with van der Waals surface area (Å²) in [5, 5.41) is 7.42. The number of nitrogens with one attached hydrogen (secondary N) is 2. The molecule has 0 bridgehead atoms. The van der Waals surface area contributed by atoms with Crippen LogP contribution in [-0.4, -0.2) is 70.9 Å². The Morgan fingerprint density at radius 2 is 1.20 bits per heavy atom. The average Bonchev–Trinajstić information content (AvgIpc) is 2.89. The maximum atomic E-state index is 6.26. The SMILES string of the molecule is CCCCOc1nc(N(CC(C)(C)CC)C2CCNC(C)(C)C2)nc(N(CC(C)(C)CC)C2CCNC(C)(C)C2)n1. The van der Waals surface area contributed by atoms with Crippen LogP contribution in [0.3, 0.4) is 0 Å². The lowest BCUT2D eigenvalue weighted by Crippen LogP contribution is -2.56. The van der Waals surface area contributed by atoms with E-state index in [1.807, 2.05) is 0 Å². The van der Waals surface area contributed by atoms with E-state index in [0.29, 0.717) is 24.7 Å². The summed E-state index contributed by atoms with van der Waals surface area (Å²) < 4.78 is 6.26. The molecular formula is C33H63N7O. The van der Waals surface area contributed by atoms with Crippen molar-refractivity contribution in [1.29, 1.82) is 0 Å². The molecule has 2 atom stereocenters. The van der Waals surface area contributed by atoms with Crippen LogP contribution >= 0.6 is 0 Å². The number of rotatable bonds is 14. The van der Waals surface area contributed by atoms with Gasteiger partial charge in [0.05, 0.1) is 6.61 Å². The van der Waals surface area contributed by atoms with Gasteiger partial charge in [0.25, 0.3) is 0 Å². The Bertz CT molecular complexity index is 893. The van der Waals surface area contributed by atoms with E-state index in [1.165, 1.54) is 0 Å². The molecule has 2 fully saturated rings. The topological polar surface area (TPSA) is 78.4 Å². The van der Waals surface area contributed by atoms with Crippen molar-refractivity contribution in [2.75, 3.05) is 42.6 Å². The van der Waals surface area contributed by atoms with Gasteiger partial charge in [0, 0.05) is 36.3 Å². The van der Waals surface area contributed by atoms with Crippen LogP contribution in [-0.2, 0) is 0 Å². The Morgan fingerprint density at radius 1 is 0.756 bits per heavy atom. The summed E-state index contributed by atoms with van der Waals surface area (Å²) in [6, 6.07) is 1.18. The molecule has 0 aromatic carbocycles. The van der Waals surface area contributed by atoms with Gasteiger partial charge >= 0.3 is 6.01 Å². The highest BCUT2D eigenvalue weighted by atomic mass is 16.5. The molecule has 0 amide bonds. The fourth-order valence-electron chi connectivity index (χ4n) is 6.05. The number of anilines is 2. The molecule has 0 radical (unpaired) electrons. The average molecular weight is 574 g/mol. The van der Waals surface area contributed by atoms with E-state index >= 15 is 0 Å². The highest BCUT2D eigenvalue weighted by Crippen LogP contribution is 2.35. The number of piperidine rings is 2. The number of aromatic nitrogens is 3. The van der Waals surface area contributed by atoms with Crippen LogP contribution in [0.15, 0.2) is 0 Å². The fraction of sp³-hybridized carbons (Fsp3) is 0.909. The van der Waals surface area contributed by atoms with Crippen molar-refractivity contribution in [2.24, 2.45) is 10.8 Å². The zero-order valence-electron chi connectivity index (χ0n) is 28.5. The van der Waals surface area contributed by atoms with E-state index in [-0.39, 0.29) is 21.9 Å². The van der Waals surface area contributed by atoms with E-state index < -0.39 is 0 Å². The summed E-state index contributed by atoms with van der Waals surface area (Å²) in [7, 11) is 0. The van der Waals surface area contributed by atoms with Gasteiger partial charge in [-0.1, -0.05) is 54.9 Å². The fourth-order valence-corrected chi connectivity index (χ4v) is 6.05. The van der Waals surface area contributed by atoms with Gasteiger partial charge in [-0.3, -0.25) is 0 Å². The predicted octanol–water partition coefficient (Wildman–Crippen LogP) is 6.60. The second kappa shape index (κ2) is 13.7. The Morgan fingerprint density at radius 3 is 1.56 bits per heavy atom. The van der Waals surface area contributed by atoms with Crippen molar-refractivity contribution in [1.82, 2.24) is 25.6 Å². The normalized spacial score (nSPS) is 22.8. The molecule has 1 aromatic rings. The first kappa shape index (κ1) is 33.8. The largest absolute Gasteiger partial charge is 0.463 e. The standard InChI is InChI=1S/C33H63N7O/c1-12-15-20-41-29-37-27(39(23-30(4,5)13-2)25-16-18-34-32(8,9)21-25)36-28(38-29)40(24-31(6,7)14-3)26-17-19-35-33(10,11)22-26/h25-26,34-35H,12-24H2,1-11H3. The van der Waals surface area contributed by atoms with Gasteiger partial charge in [-0.25, -0.2) is 0 Å². The first-order valence-electron chi connectivity index (χ1n) is 16.5. The quantitative estimate of drug-likeness (QED) is 0.241. The third-order valence-electron chi connectivity index (χ3n) is 9.48. The lowest BCUT2D eigenvalue weighted by molar-refractivity contribution is 0.241. The van der Waals surface area contributed by atoms with Gasteiger partial charge in [-0.2, -0.15) is 15.0 Å². The Hall–Kier alpha value is -1.67. The van der Waals surface area contributed by atoms with Crippen molar-refractivity contribution in [3.63, 3.8) is 0 Å². The molecule has 2 unspecified atom stereocenters. The van der Waals surface area contributed by atoms with Crippen LogP contribution < -0.4 is 25.2 Å². The van der Waals surface area contributed by atoms with E-state index in [9.17, 15) is 0 Å². The second-order valence-electron chi connectivity index (χ2n) is 15.6. The first-order chi connectivity index (χ1) is 19.1. The monoisotopic (exact) mass is 574 g/mol. The molecule has 2 aliphatic rings. The highest BCUT2D eigenvalue weighted by molar-refractivity contribution is 5.43. The maximum absolute atomic E-state index is 6.26.